The molecule has 1 aromatic heterocycles. The maximum atomic E-state index is 12.3. The molecule has 128 valence electrons. The number of carbonyl (C=O) groups is 1. The Labute approximate surface area is 143 Å². The maximum Gasteiger partial charge on any atom is 0.258 e. The van der Waals surface area contributed by atoms with Gasteiger partial charge in [-0.05, 0) is 36.5 Å². The number of hydrogen-bond acceptors (Lipinski definition) is 4. The van der Waals surface area contributed by atoms with Gasteiger partial charge in [-0.25, -0.2) is 9.97 Å². The molecule has 5 heteroatoms. The maximum absolute atomic E-state index is 12.3. The molecule has 0 bridgehead atoms. The third kappa shape index (κ3) is 4.78. The van der Waals surface area contributed by atoms with Gasteiger partial charge in [0.1, 0.15) is 0 Å². The molecule has 2 aromatic rings. The van der Waals surface area contributed by atoms with Gasteiger partial charge < -0.3 is 10.6 Å². The highest BCUT2D eigenvalue weighted by atomic mass is 16.1. The van der Waals surface area contributed by atoms with Gasteiger partial charge in [0.2, 0.25) is 5.95 Å². The number of nitrogens with zero attached hydrogens (tertiary/aromatic N) is 2. The molecular formula is C19H26N4O. The van der Waals surface area contributed by atoms with Gasteiger partial charge in [-0.1, -0.05) is 39.8 Å². The van der Waals surface area contributed by atoms with Crippen LogP contribution in [0, 0.1) is 0 Å². The van der Waals surface area contributed by atoms with Gasteiger partial charge in [0, 0.05) is 24.1 Å². The van der Waals surface area contributed by atoms with Gasteiger partial charge >= 0.3 is 0 Å². The van der Waals surface area contributed by atoms with Crippen molar-refractivity contribution in [1.29, 1.82) is 0 Å². The van der Waals surface area contributed by atoms with E-state index in [-0.39, 0.29) is 11.3 Å². The summed E-state index contributed by atoms with van der Waals surface area (Å²) < 4.78 is 0. The van der Waals surface area contributed by atoms with E-state index in [9.17, 15) is 4.79 Å². The molecule has 2 N–H and O–H groups in total. The molecule has 1 heterocycles. The van der Waals surface area contributed by atoms with E-state index in [4.69, 9.17) is 0 Å². The van der Waals surface area contributed by atoms with Gasteiger partial charge in [0.05, 0.1) is 5.56 Å². The lowest BCUT2D eigenvalue weighted by Gasteiger charge is -2.19. The van der Waals surface area contributed by atoms with Crippen molar-refractivity contribution in [2.45, 2.75) is 52.5 Å². The van der Waals surface area contributed by atoms with Crippen molar-refractivity contribution in [3.8, 4) is 0 Å². The van der Waals surface area contributed by atoms with Gasteiger partial charge in [0.25, 0.3) is 5.91 Å². The van der Waals surface area contributed by atoms with Crippen molar-refractivity contribution >= 4 is 17.5 Å². The molecule has 1 atom stereocenters. The topological polar surface area (TPSA) is 66.9 Å². The summed E-state index contributed by atoms with van der Waals surface area (Å²) in [5.74, 6) is 0.323. The van der Waals surface area contributed by atoms with Crippen LogP contribution in [-0.4, -0.2) is 21.9 Å². The van der Waals surface area contributed by atoms with E-state index in [1.165, 1.54) is 18.0 Å². The Balaban J connectivity index is 2.02. The number of anilines is 2. The molecule has 0 saturated heterocycles. The van der Waals surface area contributed by atoms with Crippen LogP contribution < -0.4 is 10.6 Å². The molecule has 0 saturated carbocycles. The van der Waals surface area contributed by atoms with E-state index in [1.807, 2.05) is 24.3 Å². The van der Waals surface area contributed by atoms with Crippen LogP contribution in [0.4, 0.5) is 11.6 Å². The van der Waals surface area contributed by atoms with Crippen molar-refractivity contribution in [3.05, 3.63) is 47.8 Å². The third-order valence-electron chi connectivity index (χ3n) is 3.91. The van der Waals surface area contributed by atoms with Crippen LogP contribution in [0.25, 0.3) is 0 Å². The van der Waals surface area contributed by atoms with Crippen LogP contribution in [0.3, 0.4) is 0 Å². The monoisotopic (exact) mass is 326 g/mol. The SMILES string of the molecule is CCC(C)Nc1ncc(C(=O)Nc2ccc(C(C)(C)C)cc2)cn1. The molecule has 0 spiro atoms. The smallest absolute Gasteiger partial charge is 0.258 e. The van der Waals surface area contributed by atoms with Gasteiger partial charge in [-0.15, -0.1) is 0 Å². The largest absolute Gasteiger partial charge is 0.352 e. The first-order valence-electron chi connectivity index (χ1n) is 8.30. The normalized spacial score (nSPS) is 12.5. The average Bonchev–Trinajstić information content (AvgIpc) is 2.55. The molecule has 0 aliphatic heterocycles. The number of hydrogen-bond donors (Lipinski definition) is 2. The fourth-order valence-electron chi connectivity index (χ4n) is 2.10. The number of nitrogens with one attached hydrogen (secondary N) is 2. The molecule has 0 aliphatic rings. The van der Waals surface area contributed by atoms with E-state index < -0.39 is 0 Å². The molecule has 0 fully saturated rings. The third-order valence-corrected chi connectivity index (χ3v) is 3.91. The summed E-state index contributed by atoms with van der Waals surface area (Å²) in [5, 5.41) is 6.04. The Morgan fingerprint density at radius 2 is 1.71 bits per heavy atom. The number of rotatable bonds is 5. The van der Waals surface area contributed by atoms with Gasteiger partial charge in [-0.3, -0.25) is 4.79 Å². The first kappa shape index (κ1) is 17.9. The fourth-order valence-corrected chi connectivity index (χ4v) is 2.10. The Morgan fingerprint density at radius 3 is 2.21 bits per heavy atom. The molecule has 1 aromatic carbocycles. The minimum absolute atomic E-state index is 0.0921. The van der Waals surface area contributed by atoms with Crippen LogP contribution in [0.1, 0.15) is 57.0 Å². The molecule has 1 amide bonds. The van der Waals surface area contributed by atoms with Crippen molar-refractivity contribution in [2.24, 2.45) is 0 Å². The predicted octanol–water partition coefficient (Wildman–Crippen LogP) is 4.24. The molecule has 0 radical (unpaired) electrons. The molecule has 0 aliphatic carbocycles. The van der Waals surface area contributed by atoms with E-state index in [1.54, 1.807) is 0 Å². The Hall–Kier alpha value is -2.43. The minimum Gasteiger partial charge on any atom is -0.352 e. The van der Waals surface area contributed by atoms with Crippen molar-refractivity contribution in [1.82, 2.24) is 9.97 Å². The van der Waals surface area contributed by atoms with Crippen LogP contribution in [0.2, 0.25) is 0 Å². The first-order valence-corrected chi connectivity index (χ1v) is 8.30. The summed E-state index contributed by atoms with van der Waals surface area (Å²) in [6.07, 6.45) is 4.06. The van der Waals surface area contributed by atoms with Gasteiger partial charge in [-0.2, -0.15) is 0 Å². The van der Waals surface area contributed by atoms with Crippen molar-refractivity contribution in [3.63, 3.8) is 0 Å². The van der Waals surface area contributed by atoms with E-state index in [2.05, 4.69) is 55.2 Å². The quantitative estimate of drug-likeness (QED) is 0.862. The molecule has 1 unspecified atom stereocenters. The zero-order chi connectivity index (χ0) is 17.7. The highest BCUT2D eigenvalue weighted by Gasteiger charge is 2.14. The summed E-state index contributed by atoms with van der Waals surface area (Å²) >= 11 is 0. The predicted molar refractivity (Wildman–Crippen MR) is 98.5 cm³/mol. The molecule has 24 heavy (non-hydrogen) atoms. The van der Waals surface area contributed by atoms with Gasteiger partial charge in [0.15, 0.2) is 0 Å². The highest BCUT2D eigenvalue weighted by molar-refractivity contribution is 6.03. The lowest BCUT2D eigenvalue weighted by molar-refractivity contribution is 0.102. The van der Waals surface area contributed by atoms with Crippen molar-refractivity contribution in [2.75, 3.05) is 10.6 Å². The number of benzene rings is 1. The highest BCUT2D eigenvalue weighted by Crippen LogP contribution is 2.23. The summed E-state index contributed by atoms with van der Waals surface area (Å²) in [6, 6.07) is 8.19. The summed E-state index contributed by atoms with van der Waals surface area (Å²) in [5.41, 5.74) is 2.51. The zero-order valence-corrected chi connectivity index (χ0v) is 15.1. The summed E-state index contributed by atoms with van der Waals surface area (Å²) in [7, 11) is 0. The summed E-state index contributed by atoms with van der Waals surface area (Å²) in [6.45, 7) is 10.6. The Kier molecular flexibility index (Phi) is 5.54. The van der Waals surface area contributed by atoms with E-state index in [0.717, 1.165) is 12.1 Å². The van der Waals surface area contributed by atoms with Crippen LogP contribution in [-0.2, 0) is 5.41 Å². The molecule has 5 nitrogen and oxygen atoms in total. The number of carbonyl (C=O) groups excluding carboxylic acids is 1. The molecule has 2 rings (SSSR count). The second-order valence-corrected chi connectivity index (χ2v) is 7.03. The summed E-state index contributed by atoms with van der Waals surface area (Å²) in [4.78, 5) is 20.7. The Bertz CT molecular complexity index is 672. The lowest BCUT2D eigenvalue weighted by Crippen LogP contribution is -2.17. The second-order valence-electron chi connectivity index (χ2n) is 7.03. The first-order chi connectivity index (χ1) is 11.3. The van der Waals surface area contributed by atoms with Crippen LogP contribution >= 0.6 is 0 Å². The van der Waals surface area contributed by atoms with Crippen LogP contribution in [0.5, 0.6) is 0 Å². The Morgan fingerprint density at radius 1 is 1.12 bits per heavy atom. The second kappa shape index (κ2) is 7.43. The fraction of sp³-hybridized carbons (Fsp3) is 0.421. The molecular weight excluding hydrogens is 300 g/mol. The van der Waals surface area contributed by atoms with E-state index in [0.29, 0.717) is 17.6 Å². The minimum atomic E-state index is -0.214. The standard InChI is InChI=1S/C19H26N4O/c1-6-13(2)22-18-20-11-14(12-21-18)17(24)23-16-9-7-15(8-10-16)19(3,4)5/h7-13H,6H2,1-5H3,(H,23,24)(H,20,21,22). The van der Waals surface area contributed by atoms with E-state index >= 15 is 0 Å². The zero-order valence-electron chi connectivity index (χ0n) is 15.1. The van der Waals surface area contributed by atoms with Crippen molar-refractivity contribution < 1.29 is 4.79 Å². The average molecular weight is 326 g/mol. The number of aromatic nitrogens is 2. The van der Waals surface area contributed by atoms with Crippen LogP contribution in [0.15, 0.2) is 36.7 Å². The lowest BCUT2D eigenvalue weighted by atomic mass is 9.87. The number of amides is 1.